The van der Waals surface area contributed by atoms with Crippen LogP contribution in [0, 0.1) is 5.82 Å². The van der Waals surface area contributed by atoms with Crippen molar-refractivity contribution in [3.63, 3.8) is 0 Å². The molecule has 0 aliphatic rings. The highest BCUT2D eigenvalue weighted by atomic mass is 35.5. The van der Waals surface area contributed by atoms with Gasteiger partial charge >= 0.3 is 0 Å². The van der Waals surface area contributed by atoms with Crippen molar-refractivity contribution >= 4 is 28.2 Å². The maximum Gasteiger partial charge on any atom is 0.159 e. The van der Waals surface area contributed by atoms with E-state index in [2.05, 4.69) is 25.4 Å². The summed E-state index contributed by atoms with van der Waals surface area (Å²) in [5, 5.41) is 19.0. The third kappa shape index (κ3) is 5.03. The molecule has 0 saturated carbocycles. The SMILES string of the molecule is C[C@@H](Nc1c(Cl)cnc2ccc(-c3cnc(C(C)(C)O)nc3)cc12)c1cc(-c2cnn(C)c2)ccc1F. The molecule has 0 aliphatic carbocycles. The van der Waals surface area contributed by atoms with Gasteiger partial charge < -0.3 is 10.4 Å². The Morgan fingerprint density at radius 1 is 0.946 bits per heavy atom. The van der Waals surface area contributed by atoms with Gasteiger partial charge in [-0.25, -0.2) is 14.4 Å². The molecule has 1 atom stereocenters. The van der Waals surface area contributed by atoms with E-state index >= 15 is 0 Å². The largest absolute Gasteiger partial charge is 0.382 e. The van der Waals surface area contributed by atoms with E-state index in [9.17, 15) is 9.50 Å². The van der Waals surface area contributed by atoms with Gasteiger partial charge in [0.05, 0.1) is 28.5 Å². The van der Waals surface area contributed by atoms with Crippen LogP contribution in [-0.2, 0) is 12.6 Å². The first-order valence-corrected chi connectivity index (χ1v) is 12.2. The van der Waals surface area contributed by atoms with Gasteiger partial charge in [-0.3, -0.25) is 9.67 Å². The van der Waals surface area contributed by atoms with Crippen LogP contribution in [-0.4, -0.2) is 29.8 Å². The summed E-state index contributed by atoms with van der Waals surface area (Å²) in [7, 11) is 1.84. The summed E-state index contributed by atoms with van der Waals surface area (Å²) in [4.78, 5) is 13.1. The average molecular weight is 517 g/mol. The Balaban J connectivity index is 1.51. The van der Waals surface area contributed by atoms with E-state index in [1.165, 1.54) is 6.07 Å². The molecular formula is C28H26ClFN6O. The molecule has 5 rings (SSSR count). The van der Waals surface area contributed by atoms with Crippen LogP contribution < -0.4 is 5.32 Å². The molecule has 0 aliphatic heterocycles. The molecule has 0 saturated heterocycles. The van der Waals surface area contributed by atoms with Crippen LogP contribution >= 0.6 is 11.6 Å². The van der Waals surface area contributed by atoms with Gasteiger partial charge in [-0.15, -0.1) is 0 Å². The van der Waals surface area contributed by atoms with E-state index in [1.807, 2.05) is 44.4 Å². The lowest BCUT2D eigenvalue weighted by Crippen LogP contribution is -2.19. The van der Waals surface area contributed by atoms with E-state index in [4.69, 9.17) is 11.6 Å². The molecule has 3 heterocycles. The second-order valence-corrected chi connectivity index (χ2v) is 9.98. The number of nitrogens with one attached hydrogen (secondary N) is 1. The van der Waals surface area contributed by atoms with Crippen molar-refractivity contribution < 1.29 is 9.50 Å². The smallest absolute Gasteiger partial charge is 0.159 e. The summed E-state index contributed by atoms with van der Waals surface area (Å²) in [5.41, 5.74) is 4.20. The minimum atomic E-state index is -1.13. The van der Waals surface area contributed by atoms with Gasteiger partial charge in [-0.2, -0.15) is 5.10 Å². The summed E-state index contributed by atoms with van der Waals surface area (Å²) in [6.07, 6.45) is 8.58. The van der Waals surface area contributed by atoms with Crippen LogP contribution in [0.15, 0.2) is 67.4 Å². The summed E-state index contributed by atoms with van der Waals surface area (Å²) >= 11 is 6.59. The minimum Gasteiger partial charge on any atom is -0.382 e. The Morgan fingerprint density at radius 3 is 2.32 bits per heavy atom. The molecule has 0 radical (unpaired) electrons. The predicted molar refractivity (Wildman–Crippen MR) is 144 cm³/mol. The van der Waals surface area contributed by atoms with Crippen molar-refractivity contribution in [2.45, 2.75) is 32.4 Å². The highest BCUT2D eigenvalue weighted by Gasteiger charge is 2.20. The second kappa shape index (κ2) is 9.53. The van der Waals surface area contributed by atoms with E-state index in [-0.39, 0.29) is 5.82 Å². The summed E-state index contributed by atoms with van der Waals surface area (Å²) in [5.74, 6) is 0.0281. The first kappa shape index (κ1) is 24.8. The second-order valence-electron chi connectivity index (χ2n) is 9.57. The number of rotatable bonds is 6. The molecule has 0 bridgehead atoms. The Bertz CT molecular complexity index is 1590. The molecule has 0 amide bonds. The molecule has 0 spiro atoms. The molecular weight excluding hydrogens is 491 g/mol. The van der Waals surface area contributed by atoms with Gasteiger partial charge in [0.2, 0.25) is 0 Å². The molecule has 7 nitrogen and oxygen atoms in total. The zero-order chi connectivity index (χ0) is 26.3. The van der Waals surface area contributed by atoms with Crippen LogP contribution in [0.25, 0.3) is 33.2 Å². The first-order chi connectivity index (χ1) is 17.6. The van der Waals surface area contributed by atoms with Crippen molar-refractivity contribution in [2.75, 3.05) is 5.32 Å². The van der Waals surface area contributed by atoms with Crippen LogP contribution in [0.1, 0.15) is 38.2 Å². The van der Waals surface area contributed by atoms with Crippen molar-refractivity contribution in [1.29, 1.82) is 0 Å². The maximum absolute atomic E-state index is 14.9. The molecule has 0 fully saturated rings. The first-order valence-electron chi connectivity index (χ1n) is 11.8. The van der Waals surface area contributed by atoms with Gasteiger partial charge in [-0.1, -0.05) is 23.7 Å². The average Bonchev–Trinajstić information content (AvgIpc) is 3.31. The summed E-state index contributed by atoms with van der Waals surface area (Å²) < 4.78 is 16.6. The van der Waals surface area contributed by atoms with Crippen molar-refractivity contribution in [1.82, 2.24) is 24.7 Å². The topological polar surface area (TPSA) is 88.8 Å². The standard InChI is InChI=1S/C28H26ClFN6O/c1-16(21-9-18(5-7-24(21)30)20-13-34-36(4)15-20)35-26-22-10-17(6-8-25(22)31-14-23(26)29)19-11-32-27(33-12-19)28(2,3)37/h5-16,37H,1-4H3,(H,31,35)/t16-/m1/s1. The van der Waals surface area contributed by atoms with Crippen molar-refractivity contribution in [2.24, 2.45) is 7.05 Å². The highest BCUT2D eigenvalue weighted by molar-refractivity contribution is 6.34. The Hall–Kier alpha value is -3.88. The summed E-state index contributed by atoms with van der Waals surface area (Å²) in [6, 6.07) is 10.4. The monoisotopic (exact) mass is 516 g/mol. The number of halogens is 2. The van der Waals surface area contributed by atoms with Crippen LogP contribution in [0.3, 0.4) is 0 Å². The van der Waals surface area contributed by atoms with E-state index < -0.39 is 11.6 Å². The molecule has 2 aromatic carbocycles. The van der Waals surface area contributed by atoms with E-state index in [0.717, 1.165) is 33.2 Å². The maximum atomic E-state index is 14.9. The molecule has 37 heavy (non-hydrogen) atoms. The number of aromatic nitrogens is 5. The van der Waals surface area contributed by atoms with Gasteiger partial charge in [0, 0.05) is 53.9 Å². The minimum absolute atomic E-state index is 0.313. The lowest BCUT2D eigenvalue weighted by Gasteiger charge is -2.20. The quantitative estimate of drug-likeness (QED) is 0.276. The number of hydrogen-bond donors (Lipinski definition) is 2. The fraction of sp³-hybridized carbons (Fsp3) is 0.214. The highest BCUT2D eigenvalue weighted by Crippen LogP contribution is 2.36. The number of anilines is 1. The van der Waals surface area contributed by atoms with Gasteiger partial charge in [0.15, 0.2) is 5.82 Å². The Kier molecular flexibility index (Phi) is 6.39. The molecule has 9 heteroatoms. The third-order valence-corrected chi connectivity index (χ3v) is 6.50. The number of hydrogen-bond acceptors (Lipinski definition) is 6. The van der Waals surface area contributed by atoms with E-state index in [1.54, 1.807) is 49.4 Å². The number of aryl methyl sites for hydroxylation is 1. The lowest BCUT2D eigenvalue weighted by atomic mass is 10.0. The van der Waals surface area contributed by atoms with Crippen molar-refractivity contribution in [3.05, 3.63) is 89.6 Å². The zero-order valence-corrected chi connectivity index (χ0v) is 21.6. The van der Waals surface area contributed by atoms with Gasteiger partial charge in [0.25, 0.3) is 0 Å². The third-order valence-electron chi connectivity index (χ3n) is 6.22. The number of benzene rings is 2. The molecule has 2 N–H and O–H groups in total. The molecule has 188 valence electrons. The number of pyridine rings is 1. The summed E-state index contributed by atoms with van der Waals surface area (Å²) in [6.45, 7) is 5.17. The fourth-order valence-electron chi connectivity index (χ4n) is 4.21. The fourth-order valence-corrected chi connectivity index (χ4v) is 4.41. The van der Waals surface area contributed by atoms with Gasteiger partial charge in [-0.05, 0) is 56.2 Å². The number of nitrogens with zero attached hydrogens (tertiary/aromatic N) is 5. The van der Waals surface area contributed by atoms with E-state index in [0.29, 0.717) is 22.1 Å². The normalized spacial score (nSPS) is 12.6. The van der Waals surface area contributed by atoms with Gasteiger partial charge in [0.1, 0.15) is 11.4 Å². The zero-order valence-electron chi connectivity index (χ0n) is 20.9. The van der Waals surface area contributed by atoms with Crippen molar-refractivity contribution in [3.8, 4) is 22.3 Å². The Morgan fingerprint density at radius 2 is 1.65 bits per heavy atom. The van der Waals surface area contributed by atoms with Crippen LogP contribution in [0.4, 0.5) is 10.1 Å². The Labute approximate surface area is 219 Å². The number of fused-ring (bicyclic) bond motifs is 1. The predicted octanol–water partition coefficient (Wildman–Crippen LogP) is 6.29. The number of aliphatic hydroxyl groups is 1. The molecule has 0 unspecified atom stereocenters. The van der Waals surface area contributed by atoms with Crippen LogP contribution in [0.2, 0.25) is 5.02 Å². The van der Waals surface area contributed by atoms with Crippen LogP contribution in [0.5, 0.6) is 0 Å². The molecule has 5 aromatic rings. The lowest BCUT2D eigenvalue weighted by molar-refractivity contribution is 0.0687. The molecule has 3 aromatic heterocycles.